The molecule has 0 radical (unpaired) electrons. The fraction of sp³-hybridized carbons (Fsp3) is 0.381. The van der Waals surface area contributed by atoms with Gasteiger partial charge in [-0.1, -0.05) is 60.3 Å². The highest BCUT2D eigenvalue weighted by Gasteiger charge is 2.41. The van der Waals surface area contributed by atoms with Crippen LogP contribution in [-0.4, -0.2) is 32.8 Å². The van der Waals surface area contributed by atoms with Crippen molar-refractivity contribution in [3.8, 4) is 5.75 Å². The summed E-state index contributed by atoms with van der Waals surface area (Å²) in [6.07, 6.45) is 3.14. The Morgan fingerprint density at radius 1 is 1.07 bits per heavy atom. The summed E-state index contributed by atoms with van der Waals surface area (Å²) in [6, 6.07) is 9.08. The molecule has 1 saturated heterocycles. The van der Waals surface area contributed by atoms with Gasteiger partial charge in [-0.25, -0.2) is 0 Å². The first-order valence-corrected chi connectivity index (χ1v) is 12.1. The van der Waals surface area contributed by atoms with Gasteiger partial charge in [0.25, 0.3) is 0 Å². The summed E-state index contributed by atoms with van der Waals surface area (Å²) in [6.45, 7) is 2.68. The van der Waals surface area contributed by atoms with Crippen molar-refractivity contribution in [3.63, 3.8) is 0 Å². The number of benzene rings is 2. The number of likely N-dealkylation sites (tertiary alicyclic amines) is 1. The highest BCUT2D eigenvalue weighted by Crippen LogP contribution is 2.39. The molecule has 0 spiro atoms. The van der Waals surface area contributed by atoms with E-state index >= 15 is 0 Å². The van der Waals surface area contributed by atoms with E-state index in [1.807, 2.05) is 13.0 Å². The molecule has 1 amide bonds. The predicted molar refractivity (Wildman–Crippen MR) is 119 cm³/mol. The van der Waals surface area contributed by atoms with E-state index in [4.69, 9.17) is 39.0 Å². The average molecular weight is 491 g/mol. The van der Waals surface area contributed by atoms with E-state index in [0.29, 0.717) is 19.4 Å². The monoisotopic (exact) mass is 489 g/mol. The van der Waals surface area contributed by atoms with Crippen LogP contribution >= 0.6 is 34.8 Å². The number of carbonyl (C=O) groups is 1. The van der Waals surface area contributed by atoms with Crippen LogP contribution in [0.3, 0.4) is 0 Å². The Labute approximate surface area is 192 Å². The molecule has 30 heavy (non-hydrogen) atoms. The summed E-state index contributed by atoms with van der Waals surface area (Å²) < 4.78 is 31.0. The third-order valence-electron chi connectivity index (χ3n) is 5.54. The van der Waals surface area contributed by atoms with Gasteiger partial charge in [0.05, 0.1) is 20.5 Å². The molecule has 0 aliphatic carbocycles. The quantitative estimate of drug-likeness (QED) is 0.398. The standard InChI is InChI=1S/C21H22Cl3NO4S/c1-3-21(9-4-5-10-25(2)20(21)26)14-7-6-8-15(11-14)29-30(27,28)19-13-17(23)16(22)12-18(19)24/h6-8,11-13H,3-5,9-10H2,1-2H3/t21-/m1/s1. The SMILES string of the molecule is CC[C@]1(c2cccc(OS(=O)(=O)c3cc(Cl)c(Cl)cc3Cl)c2)CCCCN(C)C1=O. The number of amides is 1. The average Bonchev–Trinajstić information content (AvgIpc) is 2.84. The molecule has 1 fully saturated rings. The lowest BCUT2D eigenvalue weighted by Crippen LogP contribution is -2.43. The molecule has 9 heteroatoms. The molecule has 2 aromatic carbocycles. The van der Waals surface area contributed by atoms with Crippen LogP contribution in [0.15, 0.2) is 41.3 Å². The van der Waals surface area contributed by atoms with Crippen molar-refractivity contribution in [2.75, 3.05) is 13.6 Å². The zero-order chi connectivity index (χ0) is 22.1. The first-order chi connectivity index (χ1) is 14.1. The number of rotatable bonds is 5. The van der Waals surface area contributed by atoms with E-state index in [1.165, 1.54) is 12.1 Å². The molecule has 1 aliphatic rings. The molecule has 0 unspecified atom stereocenters. The van der Waals surface area contributed by atoms with Crippen LogP contribution in [0.4, 0.5) is 0 Å². The summed E-state index contributed by atoms with van der Waals surface area (Å²) in [7, 11) is -2.46. The maximum atomic E-state index is 13.2. The number of nitrogens with zero attached hydrogens (tertiary/aromatic N) is 1. The molecule has 0 N–H and O–H groups in total. The minimum Gasteiger partial charge on any atom is -0.379 e. The van der Waals surface area contributed by atoms with Crippen molar-refractivity contribution < 1.29 is 17.4 Å². The largest absolute Gasteiger partial charge is 0.379 e. The summed E-state index contributed by atoms with van der Waals surface area (Å²) in [4.78, 5) is 14.6. The van der Waals surface area contributed by atoms with Crippen LogP contribution in [0.25, 0.3) is 0 Å². The fourth-order valence-electron chi connectivity index (χ4n) is 3.86. The van der Waals surface area contributed by atoms with E-state index < -0.39 is 15.5 Å². The Bertz CT molecular complexity index is 1070. The topological polar surface area (TPSA) is 63.7 Å². The lowest BCUT2D eigenvalue weighted by molar-refractivity contribution is -0.135. The van der Waals surface area contributed by atoms with Gasteiger partial charge in [-0.15, -0.1) is 0 Å². The molecule has 0 saturated carbocycles. The van der Waals surface area contributed by atoms with Gasteiger partial charge in [-0.3, -0.25) is 4.79 Å². The van der Waals surface area contributed by atoms with E-state index in [0.717, 1.165) is 24.5 Å². The molecule has 5 nitrogen and oxygen atoms in total. The molecule has 1 atom stereocenters. The molecule has 162 valence electrons. The van der Waals surface area contributed by atoms with Crippen molar-refractivity contribution >= 4 is 50.8 Å². The van der Waals surface area contributed by atoms with Gasteiger partial charge in [0, 0.05) is 13.6 Å². The molecular weight excluding hydrogens is 469 g/mol. The van der Waals surface area contributed by atoms with Crippen LogP contribution in [0.1, 0.15) is 38.2 Å². The van der Waals surface area contributed by atoms with Crippen molar-refractivity contribution in [2.45, 2.75) is 42.9 Å². The molecule has 0 bridgehead atoms. The van der Waals surface area contributed by atoms with Gasteiger partial charge in [0.2, 0.25) is 5.91 Å². The minimum atomic E-state index is -4.26. The zero-order valence-electron chi connectivity index (χ0n) is 16.6. The summed E-state index contributed by atoms with van der Waals surface area (Å²) in [5, 5.41) is 0.101. The van der Waals surface area contributed by atoms with Crippen molar-refractivity contribution in [1.29, 1.82) is 0 Å². The second kappa shape index (κ2) is 8.95. The van der Waals surface area contributed by atoms with Crippen molar-refractivity contribution in [2.24, 2.45) is 0 Å². The van der Waals surface area contributed by atoms with Gasteiger partial charge >= 0.3 is 10.1 Å². The van der Waals surface area contributed by atoms with E-state index in [2.05, 4.69) is 0 Å². The molecule has 1 aliphatic heterocycles. The Kier molecular flexibility index (Phi) is 6.92. The highest BCUT2D eigenvalue weighted by molar-refractivity contribution is 7.87. The Morgan fingerprint density at radius 3 is 2.47 bits per heavy atom. The minimum absolute atomic E-state index is 0.0371. The molecule has 2 aromatic rings. The highest BCUT2D eigenvalue weighted by atomic mass is 35.5. The smallest absolute Gasteiger partial charge is 0.340 e. The summed E-state index contributed by atoms with van der Waals surface area (Å²) in [5.74, 6) is 0.136. The van der Waals surface area contributed by atoms with Gasteiger partial charge in [0.15, 0.2) is 0 Å². The first-order valence-electron chi connectivity index (χ1n) is 9.56. The Morgan fingerprint density at radius 2 is 1.77 bits per heavy atom. The number of likely N-dealkylation sites (N-methyl/N-ethyl adjacent to an activating group) is 1. The van der Waals surface area contributed by atoms with E-state index in [9.17, 15) is 13.2 Å². The van der Waals surface area contributed by atoms with E-state index in [1.54, 1.807) is 24.1 Å². The van der Waals surface area contributed by atoms with Crippen LogP contribution < -0.4 is 4.18 Å². The van der Waals surface area contributed by atoms with Crippen LogP contribution in [0, 0.1) is 0 Å². The number of halogens is 3. The maximum Gasteiger partial charge on any atom is 0.340 e. The summed E-state index contributed by atoms with van der Waals surface area (Å²) >= 11 is 17.9. The molecule has 3 rings (SSSR count). The third-order valence-corrected chi connectivity index (χ3v) is 7.98. The van der Waals surface area contributed by atoms with Crippen molar-refractivity contribution in [3.05, 3.63) is 57.0 Å². The maximum absolute atomic E-state index is 13.2. The number of hydrogen-bond acceptors (Lipinski definition) is 4. The lowest BCUT2D eigenvalue weighted by Gasteiger charge is -2.33. The van der Waals surface area contributed by atoms with Gasteiger partial charge in [0.1, 0.15) is 10.6 Å². The lowest BCUT2D eigenvalue weighted by atomic mass is 9.73. The summed E-state index contributed by atoms with van der Waals surface area (Å²) in [5.41, 5.74) is 0.0204. The fourth-order valence-corrected chi connectivity index (χ4v) is 5.76. The number of hydrogen-bond donors (Lipinski definition) is 0. The second-order valence-corrected chi connectivity index (χ2v) is 10.1. The van der Waals surface area contributed by atoms with Gasteiger partial charge in [-0.2, -0.15) is 8.42 Å². The van der Waals surface area contributed by atoms with Crippen LogP contribution in [-0.2, 0) is 20.3 Å². The zero-order valence-corrected chi connectivity index (χ0v) is 19.7. The van der Waals surface area contributed by atoms with E-state index in [-0.39, 0.29) is 31.6 Å². The number of carbonyl (C=O) groups excluding carboxylic acids is 1. The first kappa shape index (κ1) is 23.2. The van der Waals surface area contributed by atoms with Crippen LogP contribution in [0.2, 0.25) is 15.1 Å². The van der Waals surface area contributed by atoms with Crippen molar-refractivity contribution in [1.82, 2.24) is 4.90 Å². The van der Waals surface area contributed by atoms with Crippen LogP contribution in [0.5, 0.6) is 5.75 Å². The Hall–Kier alpha value is -1.47. The van der Waals surface area contributed by atoms with Gasteiger partial charge in [-0.05, 0) is 49.1 Å². The molecule has 0 aromatic heterocycles. The predicted octanol–water partition coefficient (Wildman–Crippen LogP) is 5.70. The molecule has 1 heterocycles. The molecular formula is C21H22Cl3NO4S. The normalized spacial score (nSPS) is 20.2. The third kappa shape index (κ3) is 4.42. The van der Waals surface area contributed by atoms with Gasteiger partial charge < -0.3 is 9.08 Å². The second-order valence-electron chi connectivity index (χ2n) is 7.38. The Balaban J connectivity index is 1.99.